The van der Waals surface area contributed by atoms with Crippen LogP contribution in [0.5, 0.6) is 17.4 Å². The smallest absolute Gasteiger partial charge is 0.268 e. The molecule has 0 saturated carbocycles. The third-order valence-electron chi connectivity index (χ3n) is 4.93. The standard InChI is InChI=1S/C23H20ClN5O3/c1-23(2,12-25)15-4-3-5-16(11-15)29-21(30)14-6-7-17(24)18(10-14)32-22-19-20(27-13-28-22)26-8-9-31-19/h3-7,10-11,13H,8-9H2,1-2H3,(H,29,30)(H,26,27,28). The number of anilines is 2. The number of benzene rings is 2. The number of nitrogens with zero attached hydrogens (tertiary/aromatic N) is 3. The zero-order valence-electron chi connectivity index (χ0n) is 17.5. The quantitative estimate of drug-likeness (QED) is 0.576. The van der Waals surface area contributed by atoms with Crippen LogP contribution in [-0.2, 0) is 5.41 Å². The van der Waals surface area contributed by atoms with Crippen LogP contribution < -0.4 is 20.1 Å². The fourth-order valence-corrected chi connectivity index (χ4v) is 3.25. The van der Waals surface area contributed by atoms with Crippen molar-refractivity contribution in [2.45, 2.75) is 19.3 Å². The number of aromatic nitrogens is 2. The first-order valence-electron chi connectivity index (χ1n) is 9.89. The van der Waals surface area contributed by atoms with E-state index in [0.717, 1.165) is 5.56 Å². The van der Waals surface area contributed by atoms with Crippen molar-refractivity contribution < 1.29 is 14.3 Å². The topological polar surface area (TPSA) is 109 Å². The molecule has 0 atom stereocenters. The van der Waals surface area contributed by atoms with Gasteiger partial charge >= 0.3 is 0 Å². The van der Waals surface area contributed by atoms with Crippen LogP contribution in [-0.4, -0.2) is 29.0 Å². The molecule has 3 aromatic rings. The highest BCUT2D eigenvalue weighted by molar-refractivity contribution is 6.32. The van der Waals surface area contributed by atoms with Gasteiger partial charge in [-0.25, -0.2) is 4.98 Å². The number of nitriles is 1. The molecule has 0 aliphatic carbocycles. The molecule has 0 radical (unpaired) electrons. The maximum Gasteiger partial charge on any atom is 0.268 e. The summed E-state index contributed by atoms with van der Waals surface area (Å²) in [5, 5.41) is 15.6. The van der Waals surface area contributed by atoms with Gasteiger partial charge in [0.2, 0.25) is 5.75 Å². The molecule has 1 aliphatic heterocycles. The van der Waals surface area contributed by atoms with Crippen molar-refractivity contribution in [2.24, 2.45) is 0 Å². The monoisotopic (exact) mass is 449 g/mol. The molecule has 0 saturated heterocycles. The summed E-state index contributed by atoms with van der Waals surface area (Å²) in [4.78, 5) is 21.1. The Morgan fingerprint density at radius 1 is 1.28 bits per heavy atom. The SMILES string of the molecule is CC(C)(C#N)c1cccc(NC(=O)c2ccc(Cl)c(Oc3ncnc4c3OCCN4)c2)c1. The number of fused-ring (bicyclic) bond motifs is 1. The minimum absolute atomic E-state index is 0.202. The second kappa shape index (κ2) is 8.73. The summed E-state index contributed by atoms with van der Waals surface area (Å²) in [6.45, 7) is 4.73. The molecule has 162 valence electrons. The Kier molecular flexibility index (Phi) is 5.84. The lowest BCUT2D eigenvalue weighted by molar-refractivity contribution is 0.102. The van der Waals surface area contributed by atoms with Gasteiger partial charge in [0.1, 0.15) is 18.7 Å². The summed E-state index contributed by atoms with van der Waals surface area (Å²) >= 11 is 6.29. The molecule has 2 heterocycles. The zero-order chi connectivity index (χ0) is 22.7. The van der Waals surface area contributed by atoms with Crippen LogP contribution >= 0.6 is 11.6 Å². The van der Waals surface area contributed by atoms with E-state index in [4.69, 9.17) is 21.1 Å². The molecule has 9 heteroatoms. The van der Waals surface area contributed by atoms with Gasteiger partial charge in [-0.3, -0.25) is 4.79 Å². The van der Waals surface area contributed by atoms with E-state index in [0.29, 0.717) is 41.0 Å². The third-order valence-corrected chi connectivity index (χ3v) is 5.25. The molecular formula is C23H20ClN5O3. The first-order valence-corrected chi connectivity index (χ1v) is 10.3. The Bertz CT molecular complexity index is 1220. The lowest BCUT2D eigenvalue weighted by Crippen LogP contribution is -2.19. The van der Waals surface area contributed by atoms with Gasteiger partial charge in [0, 0.05) is 11.3 Å². The normalized spacial score (nSPS) is 12.6. The Morgan fingerprint density at radius 3 is 2.94 bits per heavy atom. The van der Waals surface area contributed by atoms with Crippen LogP contribution in [0, 0.1) is 11.3 Å². The van der Waals surface area contributed by atoms with Gasteiger partial charge in [-0.15, -0.1) is 0 Å². The number of hydrogen-bond acceptors (Lipinski definition) is 7. The molecule has 1 amide bonds. The zero-order valence-corrected chi connectivity index (χ0v) is 18.2. The van der Waals surface area contributed by atoms with Crippen molar-refractivity contribution in [1.82, 2.24) is 9.97 Å². The van der Waals surface area contributed by atoms with Crippen molar-refractivity contribution in [2.75, 3.05) is 23.8 Å². The van der Waals surface area contributed by atoms with E-state index in [1.165, 1.54) is 12.4 Å². The van der Waals surface area contributed by atoms with Crippen molar-refractivity contribution in [1.29, 1.82) is 5.26 Å². The summed E-state index contributed by atoms with van der Waals surface area (Å²) in [7, 11) is 0. The highest BCUT2D eigenvalue weighted by Crippen LogP contribution is 2.38. The number of ether oxygens (including phenoxy) is 2. The summed E-state index contributed by atoms with van der Waals surface area (Å²) in [6.07, 6.45) is 1.36. The van der Waals surface area contributed by atoms with E-state index in [1.54, 1.807) is 30.3 Å². The predicted octanol–water partition coefficient (Wildman–Crippen LogP) is 4.78. The maximum absolute atomic E-state index is 12.9. The molecule has 0 unspecified atom stereocenters. The summed E-state index contributed by atoms with van der Waals surface area (Å²) < 4.78 is 11.5. The highest BCUT2D eigenvalue weighted by atomic mass is 35.5. The highest BCUT2D eigenvalue weighted by Gasteiger charge is 2.21. The molecule has 0 spiro atoms. The molecule has 0 bridgehead atoms. The summed E-state index contributed by atoms with van der Waals surface area (Å²) in [6, 6.07) is 14.2. The average molecular weight is 450 g/mol. The number of rotatable bonds is 5. The van der Waals surface area contributed by atoms with Gasteiger partial charge in [0.05, 0.1) is 23.1 Å². The Hall–Kier alpha value is -3.83. The van der Waals surface area contributed by atoms with Crippen LogP contribution in [0.3, 0.4) is 0 Å². The first kappa shape index (κ1) is 21.4. The molecule has 0 fully saturated rings. The van der Waals surface area contributed by atoms with Crippen molar-refractivity contribution in [3.8, 4) is 23.4 Å². The van der Waals surface area contributed by atoms with Gasteiger partial charge in [0.15, 0.2) is 5.82 Å². The largest absolute Gasteiger partial charge is 0.483 e. The Labute approximate surface area is 190 Å². The van der Waals surface area contributed by atoms with Crippen LogP contribution in [0.2, 0.25) is 5.02 Å². The number of halogens is 1. The van der Waals surface area contributed by atoms with E-state index >= 15 is 0 Å². The van der Waals surface area contributed by atoms with E-state index in [-0.39, 0.29) is 17.5 Å². The molecule has 2 aromatic carbocycles. The maximum atomic E-state index is 12.9. The fraction of sp³-hybridized carbons (Fsp3) is 0.217. The number of carbonyl (C=O) groups excluding carboxylic acids is 1. The fourth-order valence-electron chi connectivity index (χ4n) is 3.09. The number of carbonyl (C=O) groups is 1. The lowest BCUT2D eigenvalue weighted by atomic mass is 9.86. The van der Waals surface area contributed by atoms with E-state index < -0.39 is 5.41 Å². The number of hydrogen-bond donors (Lipinski definition) is 2. The minimum Gasteiger partial charge on any atom is -0.483 e. The minimum atomic E-state index is -0.671. The Balaban J connectivity index is 1.57. The molecule has 32 heavy (non-hydrogen) atoms. The molecule has 1 aliphatic rings. The summed E-state index contributed by atoms with van der Waals surface area (Å²) in [5.74, 6) is 1.04. The molecule has 2 N–H and O–H groups in total. The van der Waals surface area contributed by atoms with Crippen LogP contribution in [0.1, 0.15) is 29.8 Å². The number of nitrogens with one attached hydrogen (secondary N) is 2. The molecule has 1 aromatic heterocycles. The molecule has 4 rings (SSSR count). The molecular weight excluding hydrogens is 430 g/mol. The van der Waals surface area contributed by atoms with Crippen molar-refractivity contribution in [3.05, 3.63) is 64.9 Å². The number of amides is 1. The van der Waals surface area contributed by atoms with Gasteiger partial charge in [0.25, 0.3) is 11.8 Å². The first-order chi connectivity index (χ1) is 15.4. The van der Waals surface area contributed by atoms with Crippen molar-refractivity contribution in [3.63, 3.8) is 0 Å². The van der Waals surface area contributed by atoms with Crippen LogP contribution in [0.4, 0.5) is 11.5 Å². The second-order valence-corrected chi connectivity index (χ2v) is 8.06. The second-order valence-electron chi connectivity index (χ2n) is 7.65. The van der Waals surface area contributed by atoms with Crippen LogP contribution in [0.25, 0.3) is 0 Å². The van der Waals surface area contributed by atoms with E-state index in [1.807, 2.05) is 19.9 Å². The molecule has 8 nitrogen and oxygen atoms in total. The lowest BCUT2D eigenvalue weighted by Gasteiger charge is -2.19. The van der Waals surface area contributed by atoms with Gasteiger partial charge in [-0.2, -0.15) is 10.2 Å². The van der Waals surface area contributed by atoms with Gasteiger partial charge in [-0.05, 0) is 49.7 Å². The predicted molar refractivity (Wildman–Crippen MR) is 121 cm³/mol. The van der Waals surface area contributed by atoms with Crippen molar-refractivity contribution >= 4 is 29.0 Å². The van der Waals surface area contributed by atoms with Gasteiger partial charge in [-0.1, -0.05) is 23.7 Å². The Morgan fingerprint density at radius 2 is 2.12 bits per heavy atom. The average Bonchev–Trinajstić information content (AvgIpc) is 2.81. The van der Waals surface area contributed by atoms with E-state index in [9.17, 15) is 10.1 Å². The third kappa shape index (κ3) is 4.43. The van der Waals surface area contributed by atoms with Gasteiger partial charge < -0.3 is 20.1 Å². The van der Waals surface area contributed by atoms with E-state index in [2.05, 4.69) is 26.7 Å². The summed E-state index contributed by atoms with van der Waals surface area (Å²) in [5.41, 5.74) is 1.06. The van der Waals surface area contributed by atoms with Crippen LogP contribution in [0.15, 0.2) is 48.8 Å².